The van der Waals surface area contributed by atoms with E-state index in [1.54, 1.807) is 105 Å². The van der Waals surface area contributed by atoms with Crippen molar-refractivity contribution in [2.75, 3.05) is 14.1 Å². The average molecular weight is 1720 g/mol. The van der Waals surface area contributed by atoms with Crippen LogP contribution in [0, 0.1) is 37.7 Å². The number of hydroxylamine groups is 3. The van der Waals surface area contributed by atoms with Crippen molar-refractivity contribution >= 4 is 101 Å². The van der Waals surface area contributed by atoms with Gasteiger partial charge in [-0.05, 0) is 168 Å². The normalized spacial score (nSPS) is 16.6. The summed E-state index contributed by atoms with van der Waals surface area (Å²) in [5, 5.41) is 35.3. The first-order valence-electron chi connectivity index (χ1n) is 37.7. The summed E-state index contributed by atoms with van der Waals surface area (Å²) in [6.45, 7) is 38.1. The molecular weight excluding hydrogens is 1640 g/mol. The molecule has 1 spiro atoms. The fourth-order valence-corrected chi connectivity index (χ4v) is 14.0. The number of pyridine rings is 4. The summed E-state index contributed by atoms with van der Waals surface area (Å²) >= 11 is 3.36. The van der Waals surface area contributed by atoms with E-state index in [1.165, 1.54) is 18.2 Å². The summed E-state index contributed by atoms with van der Waals surface area (Å²) in [7, 11) is 0.477. The summed E-state index contributed by atoms with van der Waals surface area (Å²) in [5.41, 5.74) is 22.2. The molecule has 17 rings (SSSR count). The van der Waals surface area contributed by atoms with Gasteiger partial charge >= 0.3 is 7.12 Å². The number of benzene rings is 8. The molecule has 5 unspecified atom stereocenters. The lowest BCUT2D eigenvalue weighted by Crippen LogP contribution is -2.36. The Bertz CT molecular complexity index is 6060. The molecule has 0 fully saturated rings. The van der Waals surface area contributed by atoms with Crippen molar-refractivity contribution in [3.8, 4) is 62.6 Å². The fourth-order valence-electron chi connectivity index (χ4n) is 13.2. The van der Waals surface area contributed by atoms with E-state index in [9.17, 15) is 9.59 Å². The van der Waals surface area contributed by atoms with Crippen molar-refractivity contribution in [1.82, 2.24) is 30.5 Å². The highest BCUT2D eigenvalue weighted by Crippen LogP contribution is 2.51. The largest absolute Gasteiger partial charge is 0.487 e. The van der Waals surface area contributed by atoms with E-state index in [0.717, 1.165) is 71.2 Å². The number of rotatable bonds is 9. The maximum absolute atomic E-state index is 12.6. The zero-order valence-electron chi connectivity index (χ0n) is 66.7. The van der Waals surface area contributed by atoms with Crippen LogP contribution >= 0.6 is 28.3 Å². The first-order chi connectivity index (χ1) is 58.5. The first kappa shape index (κ1) is 89.9. The molecule has 0 bridgehead atoms. The van der Waals surface area contributed by atoms with E-state index in [-0.39, 0.29) is 48.4 Å². The molecule has 4 aromatic heterocycles. The molecule has 122 heavy (non-hydrogen) atoms. The van der Waals surface area contributed by atoms with Gasteiger partial charge in [0.25, 0.3) is 0 Å². The van der Waals surface area contributed by atoms with Crippen LogP contribution in [0.5, 0.6) is 23.0 Å². The lowest BCUT2D eigenvalue weighted by molar-refractivity contribution is -0.191. The summed E-state index contributed by atoms with van der Waals surface area (Å²) in [6.07, 6.45) is 16.4. The van der Waals surface area contributed by atoms with Gasteiger partial charge < -0.3 is 39.9 Å². The Morgan fingerprint density at radius 2 is 0.934 bits per heavy atom. The van der Waals surface area contributed by atoms with Gasteiger partial charge in [-0.25, -0.2) is 39.8 Å². The molecule has 0 radical (unpaired) electrons. The topological polar surface area (TPSA) is 312 Å². The third kappa shape index (κ3) is 23.5. The molecule has 0 amide bonds. The number of hydrogen-bond donors (Lipinski definition) is 5. The number of nitrogens with zero attached hydrogens (tertiary/aromatic N) is 13. The van der Waals surface area contributed by atoms with Gasteiger partial charge in [0.2, 0.25) is 17.9 Å². The molecule has 5 aliphatic heterocycles. The lowest BCUT2D eigenvalue weighted by Gasteiger charge is -2.37. The maximum atomic E-state index is 12.6. The highest BCUT2D eigenvalue weighted by Gasteiger charge is 2.49. The third-order valence-electron chi connectivity index (χ3n) is 18.8. The van der Waals surface area contributed by atoms with Crippen LogP contribution in [0.15, 0.2) is 294 Å². The molecule has 8 aromatic carbocycles. The van der Waals surface area contributed by atoms with Crippen LogP contribution < -0.4 is 35.6 Å². The highest BCUT2D eigenvalue weighted by atomic mass is 79.9. The number of aromatic nitrogens is 4. The first-order valence-corrected chi connectivity index (χ1v) is 41.9. The molecule has 608 valence electrons. The number of carbonyl (C=O) groups excluding carboxylic acids is 2. The third-order valence-corrected chi connectivity index (χ3v) is 20.1. The van der Waals surface area contributed by atoms with Crippen molar-refractivity contribution in [1.29, 1.82) is 5.26 Å². The Hall–Kier alpha value is -14.4. The number of ether oxygens (including phenoxy) is 4. The van der Waals surface area contributed by atoms with E-state index in [1.807, 2.05) is 176 Å². The second-order valence-corrected chi connectivity index (χ2v) is 33.7. The van der Waals surface area contributed by atoms with E-state index in [2.05, 4.69) is 97.0 Å². The Balaban J connectivity index is 0.000000159. The molecule has 6 N–H and O–H groups in total. The smallest absolute Gasteiger partial charge is 0.485 e. The zero-order chi connectivity index (χ0) is 86.0. The minimum absolute atomic E-state index is 0. The summed E-state index contributed by atoms with van der Waals surface area (Å²) in [6, 6.07) is 66.6. The van der Waals surface area contributed by atoms with Crippen LogP contribution in [-0.2, 0) is 10.6 Å². The van der Waals surface area contributed by atoms with Gasteiger partial charge in [0.1, 0.15) is 47.4 Å². The SMILES string of the molecule is C=C=N[Si](C)(C)C.CNO.Cl.O=C1CC(c2cccnc2)Oc2ccc(Br)cc21.[C-]#[N+]c1cccc(-c2ccc3c(c2)C(=NC#N)CC(c2cccnc2)O3)c1.[C-]#[N+]c1cccc(-c2ccc3c(c2)C(=O)CC(c2cccnc2)O3)c1.[C-]#[N+]c1cccc(-c2ccc3c(c2)C2(CC(c4cccnc4)O3)N=C(N)N(C)O2)c1.[C-]#[N+]c1cccc(B(O)O)c1. The molecular formula is C93H80BBrClN15O10Si. The number of fused-ring (bicyclic) bond motifs is 5. The second-order valence-electron chi connectivity index (χ2n) is 28.2. The Kier molecular flexibility index (Phi) is 31.6. The number of nitrogens with two attached hydrogens (primary N) is 1. The minimum Gasteiger partial charge on any atom is -0.485 e. The van der Waals surface area contributed by atoms with Crippen molar-refractivity contribution in [3.05, 3.63) is 369 Å². The Morgan fingerprint density at radius 1 is 0.549 bits per heavy atom. The molecule has 5 atom stereocenters. The van der Waals surface area contributed by atoms with E-state index < -0.39 is 21.1 Å². The van der Waals surface area contributed by atoms with Gasteiger partial charge in [0.05, 0.1) is 61.5 Å². The summed E-state index contributed by atoms with van der Waals surface area (Å²) < 4.78 is 29.3. The summed E-state index contributed by atoms with van der Waals surface area (Å²) in [4.78, 5) is 69.8. The molecule has 9 heterocycles. The van der Waals surface area contributed by atoms with Gasteiger partial charge in [0, 0.05) is 109 Å². The number of guanidine groups is 1. The fraction of sp³-hybridized carbons (Fsp3) is 0.151. The number of hydrogen-bond acceptors (Lipinski definition) is 21. The highest BCUT2D eigenvalue weighted by molar-refractivity contribution is 9.10. The van der Waals surface area contributed by atoms with Crippen LogP contribution in [0.3, 0.4) is 0 Å². The van der Waals surface area contributed by atoms with Crippen LogP contribution in [0.25, 0.3) is 52.8 Å². The van der Waals surface area contributed by atoms with Crippen LogP contribution in [-0.4, -0.2) is 98.8 Å². The number of nitriles is 1. The maximum Gasteiger partial charge on any atom is 0.487 e. The number of aliphatic imine (C=N–C) groups is 2. The van der Waals surface area contributed by atoms with E-state index >= 15 is 0 Å². The molecule has 5 aliphatic rings. The standard InChI is InChI=1S/C23H19N5O2.C22H14N4O.C21H14N2O2.C14H10BrNO2.C7H6BNO2.C5H11NSi.CH5NO.ClH/c1-25-18-7-3-5-15(11-18)16-8-9-20-19(12-16)23(27-22(24)28(2)30-23)13-21(29-20)17-6-4-10-26-14-17;1-24-18-6-2-4-15(10-18)16-7-8-21-19(11-16)20(26-14-23)12-22(27-21)17-5-3-9-25-13-17;1-22-17-6-2-4-14(10-17)15-7-8-20-18(11-15)19(24)12-21(25-20)16-5-3-9-23-13-16;15-10-3-4-13-11(6-10)12(17)7-14(18-13)9-2-1-5-16-8-9;1-9-7-4-2-3-6(5-7)8(10)11;1-5-6-7(2,3)4;1-2-3;/h3-12,14,21H,13H2,2H3,(H2,24,27);2-11,13,22H,12H2;2-11,13,21H,12H2;1-6,8,14H,7H2;2-5,10-11H;1H2,2-4H3;2-3H,1H3;1H. The summed E-state index contributed by atoms with van der Waals surface area (Å²) in [5.74, 6) is 5.63. The Morgan fingerprint density at radius 3 is 1.34 bits per heavy atom. The molecule has 0 saturated carbocycles. The second kappa shape index (κ2) is 42.8. The predicted octanol–water partition coefficient (Wildman–Crippen LogP) is 19.4. The van der Waals surface area contributed by atoms with Gasteiger partial charge in [-0.1, -0.05) is 137 Å². The molecule has 0 aliphatic carbocycles. The number of nitrogens with one attached hydrogen (secondary N) is 1. The molecule has 12 aromatic rings. The van der Waals surface area contributed by atoms with Gasteiger partial charge in [-0.3, -0.25) is 34.2 Å². The van der Waals surface area contributed by atoms with Gasteiger partial charge in [0.15, 0.2) is 42.6 Å². The number of ketones is 2. The molecule has 29 heteroatoms. The zero-order valence-corrected chi connectivity index (χ0v) is 70.1. The lowest BCUT2D eigenvalue weighted by atomic mass is 9.80. The van der Waals surface area contributed by atoms with Crippen LogP contribution in [0.2, 0.25) is 19.6 Å². The van der Waals surface area contributed by atoms with E-state index in [0.29, 0.717) is 99.7 Å². The van der Waals surface area contributed by atoms with Gasteiger partial charge in [-0.15, -0.1) is 12.4 Å². The minimum atomic E-state index is -1.49. The number of halogens is 2. The van der Waals surface area contributed by atoms with Crippen molar-refractivity contribution in [2.45, 2.75) is 75.5 Å². The quantitative estimate of drug-likeness (QED) is 0.0295. The number of carbonyl (C=O) groups is 2. The van der Waals surface area contributed by atoms with Crippen molar-refractivity contribution < 1.29 is 48.6 Å². The van der Waals surface area contributed by atoms with Crippen molar-refractivity contribution in [2.24, 2.45) is 20.4 Å². The number of Topliss-reactive ketones (excluding diaryl/α,β-unsaturated/α-hetero) is 2. The van der Waals surface area contributed by atoms with Gasteiger partial charge in [-0.2, -0.15) is 10.3 Å². The van der Waals surface area contributed by atoms with Crippen LogP contribution in [0.1, 0.15) is 104 Å². The molecule has 25 nitrogen and oxygen atoms in total. The van der Waals surface area contributed by atoms with E-state index in [4.69, 9.17) is 81.3 Å². The Labute approximate surface area is 722 Å². The van der Waals surface area contributed by atoms with Crippen molar-refractivity contribution in [3.63, 3.8) is 0 Å². The van der Waals surface area contributed by atoms with Crippen LogP contribution in [0.4, 0.5) is 22.7 Å². The monoisotopic (exact) mass is 1720 g/mol. The molecule has 0 saturated heterocycles. The predicted molar refractivity (Wildman–Crippen MR) is 477 cm³/mol. The average Bonchev–Trinajstić information content (AvgIpc) is 1.52.